The Morgan fingerprint density at radius 2 is 1.73 bits per heavy atom. The molecule has 0 atom stereocenters. The predicted molar refractivity (Wildman–Crippen MR) is 96.6 cm³/mol. The standard InChI is InChI=1S/C20H17N3O3/c24-19-7-4-13-22(19)15-8-10-17(11-9-15)26-20(25)18-12-14-23(21-18)16-5-2-1-3-6-16/h1-3,5-6,8-12,14H,4,7,13H2. The van der Waals surface area contributed by atoms with Crippen LogP contribution in [0.2, 0.25) is 0 Å². The van der Waals surface area contributed by atoms with Crippen molar-refractivity contribution in [2.75, 3.05) is 11.4 Å². The molecule has 0 N–H and O–H groups in total. The number of hydrogen-bond donors (Lipinski definition) is 0. The maximum absolute atomic E-state index is 12.3. The summed E-state index contributed by atoms with van der Waals surface area (Å²) in [5.41, 5.74) is 1.92. The molecular weight excluding hydrogens is 330 g/mol. The number of anilines is 1. The van der Waals surface area contributed by atoms with E-state index in [1.807, 2.05) is 30.3 Å². The Labute approximate surface area is 150 Å². The van der Waals surface area contributed by atoms with Crippen LogP contribution < -0.4 is 9.64 Å². The summed E-state index contributed by atoms with van der Waals surface area (Å²) in [6.45, 7) is 0.731. The Morgan fingerprint density at radius 1 is 0.962 bits per heavy atom. The Kier molecular flexibility index (Phi) is 4.23. The average molecular weight is 347 g/mol. The van der Waals surface area contributed by atoms with Crippen molar-refractivity contribution in [1.29, 1.82) is 0 Å². The number of para-hydroxylation sites is 1. The number of aromatic nitrogens is 2. The highest BCUT2D eigenvalue weighted by Crippen LogP contribution is 2.24. The molecule has 1 amide bonds. The number of carbonyl (C=O) groups is 2. The van der Waals surface area contributed by atoms with Gasteiger partial charge in [0.2, 0.25) is 5.91 Å². The lowest BCUT2D eigenvalue weighted by molar-refractivity contribution is -0.117. The zero-order valence-electron chi connectivity index (χ0n) is 14.0. The van der Waals surface area contributed by atoms with Gasteiger partial charge in [-0.3, -0.25) is 4.79 Å². The second kappa shape index (κ2) is 6.84. The van der Waals surface area contributed by atoms with Gasteiger partial charge in [-0.1, -0.05) is 18.2 Å². The van der Waals surface area contributed by atoms with Gasteiger partial charge in [-0.25, -0.2) is 9.48 Å². The number of amides is 1. The van der Waals surface area contributed by atoms with E-state index in [2.05, 4.69) is 5.10 Å². The van der Waals surface area contributed by atoms with Gasteiger partial charge in [0.05, 0.1) is 5.69 Å². The first kappa shape index (κ1) is 16.1. The van der Waals surface area contributed by atoms with E-state index >= 15 is 0 Å². The topological polar surface area (TPSA) is 64.4 Å². The molecule has 1 aromatic heterocycles. The quantitative estimate of drug-likeness (QED) is 0.537. The fourth-order valence-corrected chi connectivity index (χ4v) is 2.93. The minimum absolute atomic E-state index is 0.126. The third-order valence-electron chi connectivity index (χ3n) is 4.25. The number of nitrogens with zero attached hydrogens (tertiary/aromatic N) is 3. The van der Waals surface area contributed by atoms with Gasteiger partial charge in [0.1, 0.15) is 5.75 Å². The van der Waals surface area contributed by atoms with Crippen LogP contribution in [0.4, 0.5) is 5.69 Å². The maximum atomic E-state index is 12.3. The highest BCUT2D eigenvalue weighted by molar-refractivity contribution is 5.95. The van der Waals surface area contributed by atoms with E-state index in [0.717, 1.165) is 24.3 Å². The number of benzene rings is 2. The molecule has 0 bridgehead atoms. The minimum Gasteiger partial charge on any atom is -0.422 e. The van der Waals surface area contributed by atoms with Crippen LogP contribution in [-0.4, -0.2) is 28.2 Å². The van der Waals surface area contributed by atoms with Crippen LogP contribution in [0.5, 0.6) is 5.75 Å². The normalized spacial score (nSPS) is 13.8. The van der Waals surface area contributed by atoms with Gasteiger partial charge in [-0.15, -0.1) is 0 Å². The van der Waals surface area contributed by atoms with E-state index in [9.17, 15) is 9.59 Å². The van der Waals surface area contributed by atoms with Gasteiger partial charge in [-0.05, 0) is 48.9 Å². The summed E-state index contributed by atoms with van der Waals surface area (Å²) < 4.78 is 7.00. The average Bonchev–Trinajstić information content (AvgIpc) is 3.32. The molecule has 0 aliphatic carbocycles. The predicted octanol–water partition coefficient (Wildman–Crippen LogP) is 3.22. The van der Waals surface area contributed by atoms with Crippen molar-refractivity contribution in [2.24, 2.45) is 0 Å². The molecule has 1 aliphatic rings. The molecule has 0 radical (unpaired) electrons. The fourth-order valence-electron chi connectivity index (χ4n) is 2.93. The SMILES string of the molecule is O=C(Oc1ccc(N2CCCC2=O)cc1)c1ccn(-c2ccccc2)n1. The first-order chi connectivity index (χ1) is 12.7. The molecule has 2 aromatic carbocycles. The molecule has 4 rings (SSSR count). The van der Waals surface area contributed by atoms with E-state index in [-0.39, 0.29) is 11.6 Å². The summed E-state index contributed by atoms with van der Waals surface area (Å²) >= 11 is 0. The highest BCUT2D eigenvalue weighted by atomic mass is 16.5. The van der Waals surface area contributed by atoms with Gasteiger partial charge < -0.3 is 9.64 Å². The number of rotatable bonds is 4. The molecule has 130 valence electrons. The molecule has 3 aromatic rings. The summed E-state index contributed by atoms with van der Waals surface area (Å²) in [5, 5.41) is 4.26. The number of hydrogen-bond acceptors (Lipinski definition) is 4. The Morgan fingerprint density at radius 3 is 2.42 bits per heavy atom. The molecule has 0 saturated carbocycles. The van der Waals surface area contributed by atoms with Crippen molar-refractivity contribution in [1.82, 2.24) is 9.78 Å². The summed E-state index contributed by atoms with van der Waals surface area (Å²) in [5.74, 6) is 0.0190. The van der Waals surface area contributed by atoms with E-state index < -0.39 is 5.97 Å². The molecule has 1 fully saturated rings. The minimum atomic E-state index is -0.523. The van der Waals surface area contributed by atoms with Gasteiger partial charge in [0.25, 0.3) is 0 Å². The summed E-state index contributed by atoms with van der Waals surface area (Å²) in [7, 11) is 0. The number of carbonyl (C=O) groups excluding carboxylic acids is 2. The first-order valence-corrected chi connectivity index (χ1v) is 8.44. The second-order valence-electron chi connectivity index (χ2n) is 6.01. The third kappa shape index (κ3) is 3.21. The van der Waals surface area contributed by atoms with E-state index in [4.69, 9.17) is 4.74 Å². The van der Waals surface area contributed by atoms with Crippen molar-refractivity contribution in [3.63, 3.8) is 0 Å². The first-order valence-electron chi connectivity index (χ1n) is 8.44. The smallest absolute Gasteiger partial charge is 0.364 e. The monoisotopic (exact) mass is 347 g/mol. The zero-order valence-corrected chi connectivity index (χ0v) is 14.0. The molecule has 0 spiro atoms. The molecule has 1 aliphatic heterocycles. The van der Waals surface area contributed by atoms with Crippen LogP contribution in [0, 0.1) is 0 Å². The van der Waals surface area contributed by atoms with Crippen LogP contribution in [0.25, 0.3) is 5.69 Å². The molecule has 6 nitrogen and oxygen atoms in total. The lowest BCUT2D eigenvalue weighted by Gasteiger charge is -2.15. The van der Waals surface area contributed by atoms with Gasteiger partial charge >= 0.3 is 5.97 Å². The lowest BCUT2D eigenvalue weighted by Crippen LogP contribution is -2.23. The molecule has 0 unspecified atom stereocenters. The lowest BCUT2D eigenvalue weighted by atomic mass is 10.3. The summed E-state index contributed by atoms with van der Waals surface area (Å²) in [4.78, 5) is 25.8. The summed E-state index contributed by atoms with van der Waals surface area (Å²) in [6.07, 6.45) is 3.18. The van der Waals surface area contributed by atoms with Gasteiger partial charge in [0.15, 0.2) is 5.69 Å². The maximum Gasteiger partial charge on any atom is 0.364 e. The molecular formula is C20H17N3O3. The Bertz CT molecular complexity index is 932. The van der Waals surface area contributed by atoms with Crippen molar-refractivity contribution >= 4 is 17.6 Å². The van der Waals surface area contributed by atoms with Crippen LogP contribution >= 0.6 is 0 Å². The van der Waals surface area contributed by atoms with Gasteiger partial charge in [0, 0.05) is 24.8 Å². The third-order valence-corrected chi connectivity index (χ3v) is 4.25. The Balaban J connectivity index is 1.45. The van der Waals surface area contributed by atoms with E-state index in [1.165, 1.54) is 0 Å². The second-order valence-corrected chi connectivity index (χ2v) is 6.01. The fraction of sp³-hybridized carbons (Fsp3) is 0.150. The number of ether oxygens (including phenoxy) is 1. The van der Waals surface area contributed by atoms with Crippen LogP contribution in [-0.2, 0) is 4.79 Å². The van der Waals surface area contributed by atoms with Gasteiger partial charge in [-0.2, -0.15) is 5.10 Å². The highest BCUT2D eigenvalue weighted by Gasteiger charge is 2.21. The van der Waals surface area contributed by atoms with Crippen LogP contribution in [0.3, 0.4) is 0 Å². The molecule has 2 heterocycles. The molecule has 26 heavy (non-hydrogen) atoms. The van der Waals surface area contributed by atoms with Crippen molar-refractivity contribution < 1.29 is 14.3 Å². The van der Waals surface area contributed by atoms with Crippen molar-refractivity contribution in [3.8, 4) is 11.4 Å². The van der Waals surface area contributed by atoms with Crippen LogP contribution in [0.1, 0.15) is 23.3 Å². The van der Waals surface area contributed by atoms with E-state index in [0.29, 0.717) is 12.2 Å². The Hall–Kier alpha value is -3.41. The largest absolute Gasteiger partial charge is 0.422 e. The van der Waals surface area contributed by atoms with Crippen molar-refractivity contribution in [3.05, 3.63) is 72.6 Å². The van der Waals surface area contributed by atoms with E-state index in [1.54, 1.807) is 46.1 Å². The molecule has 6 heteroatoms. The zero-order chi connectivity index (χ0) is 17.9. The number of esters is 1. The van der Waals surface area contributed by atoms with Crippen LogP contribution in [0.15, 0.2) is 66.9 Å². The summed E-state index contributed by atoms with van der Waals surface area (Å²) in [6, 6.07) is 18.1. The molecule has 1 saturated heterocycles. The van der Waals surface area contributed by atoms with Crippen molar-refractivity contribution in [2.45, 2.75) is 12.8 Å².